The summed E-state index contributed by atoms with van der Waals surface area (Å²) in [6.45, 7) is 2.42. The molecule has 5 rings (SSSR count). The second-order valence-corrected chi connectivity index (χ2v) is 6.67. The zero-order valence-electron chi connectivity index (χ0n) is 11.3. The summed E-state index contributed by atoms with van der Waals surface area (Å²) in [6.07, 6.45) is 5.86. The van der Waals surface area contributed by atoms with Gasteiger partial charge in [-0.05, 0) is 32.6 Å². The molecule has 0 aromatic carbocycles. The van der Waals surface area contributed by atoms with Gasteiger partial charge in [0.15, 0.2) is 11.4 Å². The number of epoxide rings is 1. The van der Waals surface area contributed by atoms with E-state index in [0.717, 1.165) is 19.3 Å². The molecule has 0 radical (unpaired) electrons. The number of hydrogen-bond donors (Lipinski definition) is 0. The van der Waals surface area contributed by atoms with Gasteiger partial charge >= 0.3 is 5.97 Å². The summed E-state index contributed by atoms with van der Waals surface area (Å²) in [7, 11) is 1.40. The Kier molecular flexibility index (Phi) is 1.91. The van der Waals surface area contributed by atoms with Crippen LogP contribution in [-0.2, 0) is 19.1 Å². The minimum atomic E-state index is -0.711. The van der Waals surface area contributed by atoms with Crippen molar-refractivity contribution in [1.29, 1.82) is 0 Å². The lowest BCUT2D eigenvalue weighted by molar-refractivity contribution is -0.169. The normalized spacial score (nSPS) is 50.1. The van der Waals surface area contributed by atoms with Crippen molar-refractivity contribution in [3.05, 3.63) is 11.6 Å². The van der Waals surface area contributed by atoms with Crippen LogP contribution in [0.25, 0.3) is 0 Å². The highest BCUT2D eigenvalue weighted by atomic mass is 16.6. The maximum absolute atomic E-state index is 12.8. The van der Waals surface area contributed by atoms with Crippen molar-refractivity contribution in [2.75, 3.05) is 13.7 Å². The molecule has 4 aliphatic carbocycles. The summed E-state index contributed by atoms with van der Waals surface area (Å²) < 4.78 is 10.6. The Bertz CT molecular complexity index is 530. The maximum atomic E-state index is 12.8. The summed E-state index contributed by atoms with van der Waals surface area (Å²) in [5.41, 5.74) is -0.166. The number of esters is 1. The molecular formula is C15H18O4. The molecule has 1 saturated heterocycles. The molecule has 0 N–H and O–H groups in total. The van der Waals surface area contributed by atoms with Gasteiger partial charge in [0.25, 0.3) is 0 Å². The first-order valence-electron chi connectivity index (χ1n) is 6.98. The molecule has 2 spiro atoms. The number of carbonyl (C=O) groups is 2. The van der Waals surface area contributed by atoms with Crippen LogP contribution in [0.15, 0.2) is 11.6 Å². The van der Waals surface area contributed by atoms with E-state index in [9.17, 15) is 9.59 Å². The van der Waals surface area contributed by atoms with E-state index in [1.807, 2.05) is 6.92 Å². The quantitative estimate of drug-likeness (QED) is 0.409. The lowest BCUT2D eigenvalue weighted by atomic mass is 9.47. The van der Waals surface area contributed by atoms with E-state index in [1.165, 1.54) is 12.7 Å². The zero-order chi connectivity index (χ0) is 13.5. The highest BCUT2D eigenvalue weighted by Crippen LogP contribution is 2.71. The number of fused-ring (bicyclic) bond motifs is 1. The van der Waals surface area contributed by atoms with Gasteiger partial charge in [0, 0.05) is 5.41 Å². The minimum absolute atomic E-state index is 0.109. The summed E-state index contributed by atoms with van der Waals surface area (Å²) in [5.74, 6) is -0.516. The van der Waals surface area contributed by atoms with E-state index in [1.54, 1.807) is 0 Å². The van der Waals surface area contributed by atoms with Crippen LogP contribution in [0, 0.1) is 16.7 Å². The predicted octanol–water partition coefficient (Wildman–Crippen LogP) is 1.63. The first-order valence-corrected chi connectivity index (χ1v) is 6.98. The third-order valence-electron chi connectivity index (χ3n) is 5.93. The van der Waals surface area contributed by atoms with Crippen molar-refractivity contribution in [1.82, 2.24) is 0 Å². The third-order valence-corrected chi connectivity index (χ3v) is 5.93. The molecule has 1 heterocycles. The molecule has 5 aliphatic rings. The van der Waals surface area contributed by atoms with Gasteiger partial charge in [-0.15, -0.1) is 0 Å². The number of ether oxygens (including phenoxy) is 2. The number of carbonyl (C=O) groups excluding carboxylic acids is 2. The van der Waals surface area contributed by atoms with Crippen LogP contribution in [0.4, 0.5) is 0 Å². The summed E-state index contributed by atoms with van der Waals surface area (Å²) >= 11 is 0. The molecular weight excluding hydrogens is 244 g/mol. The standard InChI is InChI=1S/C15H18O4/c1-13(12(17)18-2)7-14-5-3-4-9(14)6-10(13)11(16)15(14)8-19-15/h6,10H,3-5,7-8H2,1-2H3/t10?,13-,14?,15+/m1/s1. The highest BCUT2D eigenvalue weighted by Gasteiger charge is 2.78. The van der Waals surface area contributed by atoms with E-state index >= 15 is 0 Å². The Balaban J connectivity index is 1.90. The number of methoxy groups -OCH3 is 1. The number of rotatable bonds is 1. The van der Waals surface area contributed by atoms with Gasteiger partial charge < -0.3 is 9.47 Å². The molecule has 0 amide bonds. The van der Waals surface area contributed by atoms with Crippen LogP contribution in [0.3, 0.4) is 0 Å². The Morgan fingerprint density at radius 1 is 1.53 bits per heavy atom. The van der Waals surface area contributed by atoms with Gasteiger partial charge in [-0.1, -0.05) is 11.6 Å². The van der Waals surface area contributed by atoms with Gasteiger partial charge in [0.2, 0.25) is 0 Å². The molecule has 2 unspecified atom stereocenters. The third kappa shape index (κ3) is 1.04. The summed E-state index contributed by atoms with van der Waals surface area (Å²) in [4.78, 5) is 25.0. The van der Waals surface area contributed by atoms with Crippen LogP contribution in [0.5, 0.6) is 0 Å². The molecule has 2 saturated carbocycles. The smallest absolute Gasteiger partial charge is 0.312 e. The van der Waals surface area contributed by atoms with Crippen LogP contribution >= 0.6 is 0 Å². The van der Waals surface area contributed by atoms with Crippen LogP contribution < -0.4 is 0 Å². The Morgan fingerprint density at radius 2 is 2.26 bits per heavy atom. The van der Waals surface area contributed by atoms with Crippen molar-refractivity contribution >= 4 is 11.8 Å². The molecule has 0 aromatic rings. The number of hydrogen-bond acceptors (Lipinski definition) is 4. The fourth-order valence-electron chi connectivity index (χ4n) is 4.93. The Morgan fingerprint density at radius 3 is 2.89 bits per heavy atom. The lowest BCUT2D eigenvalue weighted by Gasteiger charge is -2.54. The topological polar surface area (TPSA) is 55.9 Å². The van der Waals surface area contributed by atoms with Crippen molar-refractivity contribution in [3.63, 3.8) is 0 Å². The second-order valence-electron chi connectivity index (χ2n) is 6.67. The van der Waals surface area contributed by atoms with E-state index in [0.29, 0.717) is 13.0 Å². The summed E-state index contributed by atoms with van der Waals surface area (Å²) in [5, 5.41) is 0. The zero-order valence-corrected chi connectivity index (χ0v) is 11.3. The number of ketones is 1. The average Bonchev–Trinajstić information content (AvgIpc) is 3.09. The fraction of sp³-hybridized carbons (Fsp3) is 0.733. The molecule has 4 atom stereocenters. The lowest BCUT2D eigenvalue weighted by Crippen LogP contribution is -2.62. The average molecular weight is 262 g/mol. The molecule has 19 heavy (non-hydrogen) atoms. The van der Waals surface area contributed by atoms with Crippen LogP contribution in [0.1, 0.15) is 32.6 Å². The number of allylic oxidation sites excluding steroid dienone is 1. The molecule has 3 fully saturated rings. The van der Waals surface area contributed by atoms with Gasteiger partial charge in [-0.2, -0.15) is 0 Å². The van der Waals surface area contributed by atoms with Gasteiger partial charge in [0.05, 0.1) is 25.0 Å². The minimum Gasteiger partial charge on any atom is -0.469 e. The first-order chi connectivity index (χ1) is 9.00. The van der Waals surface area contributed by atoms with Crippen molar-refractivity contribution in [3.8, 4) is 0 Å². The summed E-state index contributed by atoms with van der Waals surface area (Å²) in [6, 6.07) is 0. The maximum Gasteiger partial charge on any atom is 0.312 e. The van der Waals surface area contributed by atoms with Gasteiger partial charge in [0.1, 0.15) is 0 Å². The molecule has 0 aromatic heterocycles. The van der Waals surface area contributed by atoms with E-state index in [-0.39, 0.29) is 23.1 Å². The molecule has 4 nitrogen and oxygen atoms in total. The monoisotopic (exact) mass is 262 g/mol. The second kappa shape index (κ2) is 3.11. The largest absolute Gasteiger partial charge is 0.469 e. The van der Waals surface area contributed by atoms with Crippen molar-refractivity contribution in [2.24, 2.45) is 16.7 Å². The van der Waals surface area contributed by atoms with Gasteiger partial charge in [-0.25, -0.2) is 0 Å². The number of Topliss-reactive ketones (excluding diaryl/α,β-unsaturated/α-hetero) is 1. The molecule has 4 heteroatoms. The van der Waals surface area contributed by atoms with Crippen molar-refractivity contribution < 1.29 is 19.1 Å². The molecule has 1 aliphatic heterocycles. The highest BCUT2D eigenvalue weighted by molar-refractivity contribution is 6.02. The Labute approximate surface area is 112 Å². The van der Waals surface area contributed by atoms with Gasteiger partial charge in [-0.3, -0.25) is 9.59 Å². The predicted molar refractivity (Wildman–Crippen MR) is 66.3 cm³/mol. The van der Waals surface area contributed by atoms with E-state index in [2.05, 4.69) is 6.08 Å². The Hall–Kier alpha value is -1.16. The van der Waals surface area contributed by atoms with E-state index < -0.39 is 11.0 Å². The first kappa shape index (κ1) is 11.6. The molecule has 2 bridgehead atoms. The van der Waals surface area contributed by atoms with Crippen LogP contribution in [0.2, 0.25) is 0 Å². The van der Waals surface area contributed by atoms with E-state index in [4.69, 9.17) is 9.47 Å². The van der Waals surface area contributed by atoms with Crippen LogP contribution in [-0.4, -0.2) is 31.1 Å². The van der Waals surface area contributed by atoms with Crippen molar-refractivity contribution in [2.45, 2.75) is 38.2 Å². The fourth-order valence-corrected chi connectivity index (χ4v) is 4.93. The molecule has 102 valence electrons. The SMILES string of the molecule is COC(=O)[C@]1(C)CC23CCCC2=CC1C(=O)[C@@]31CO1.